The molecule has 0 aliphatic carbocycles. The molecule has 5 atom stereocenters. The molecule has 0 aromatic heterocycles. The molecule has 3 fully saturated rings. The van der Waals surface area contributed by atoms with E-state index in [1.807, 2.05) is 0 Å². The minimum atomic E-state index is -1.34. The molecule has 0 spiro atoms. The fourth-order valence-corrected chi connectivity index (χ4v) is 4.24. The molecule has 4 aliphatic rings. The zero-order chi connectivity index (χ0) is 17.1. The molecule has 0 N–H and O–H groups in total. The van der Waals surface area contributed by atoms with Crippen molar-refractivity contribution in [2.45, 2.75) is 50.5 Å². The Morgan fingerprint density at radius 3 is 2.83 bits per heavy atom. The molecular weight excluding hydrogens is 314 g/mol. The quantitative estimate of drug-likeness (QED) is 0.474. The van der Waals surface area contributed by atoms with Crippen LogP contribution >= 0.6 is 0 Å². The van der Waals surface area contributed by atoms with Gasteiger partial charge in [0.25, 0.3) is 0 Å². The Hall–Kier alpha value is -1.44. The van der Waals surface area contributed by atoms with Gasteiger partial charge in [0.2, 0.25) is 0 Å². The Labute approximate surface area is 140 Å². The first-order valence-corrected chi connectivity index (χ1v) is 8.45. The van der Waals surface area contributed by atoms with Gasteiger partial charge in [-0.15, -0.1) is 0 Å². The summed E-state index contributed by atoms with van der Waals surface area (Å²) >= 11 is 0. The fourth-order valence-electron chi connectivity index (χ4n) is 4.24. The molecule has 4 aliphatic heterocycles. The third-order valence-electron chi connectivity index (χ3n) is 6.27. The summed E-state index contributed by atoms with van der Waals surface area (Å²) in [5.74, 6) is -1.52. The monoisotopic (exact) mass is 337 g/mol. The standard InChI is InChI=1S/C17H23NO6/c1-10-14(19)24-12-5-7-18-6-4-11(13(12)18)8-21-15(20)17(3)16(10,2)22-9-23-17/h4,10,12-13H,5-9H2,1-3H3/t10-,12+,13+,16+,17-/m0/s1. The zero-order valence-electron chi connectivity index (χ0n) is 14.2. The fraction of sp³-hybridized carbons (Fsp3) is 0.765. The average molecular weight is 337 g/mol. The molecule has 0 aromatic carbocycles. The van der Waals surface area contributed by atoms with Gasteiger partial charge in [0.05, 0.1) is 12.0 Å². The smallest absolute Gasteiger partial charge is 0.341 e. The van der Waals surface area contributed by atoms with E-state index in [-0.39, 0.29) is 31.5 Å². The van der Waals surface area contributed by atoms with Crippen LogP contribution < -0.4 is 0 Å². The normalized spacial score (nSPS) is 45.8. The summed E-state index contributed by atoms with van der Waals surface area (Å²) in [6.07, 6.45) is 2.65. The van der Waals surface area contributed by atoms with Crippen LogP contribution in [0.15, 0.2) is 11.6 Å². The van der Waals surface area contributed by atoms with E-state index in [9.17, 15) is 9.59 Å². The molecule has 3 saturated heterocycles. The van der Waals surface area contributed by atoms with Crippen LogP contribution in [0, 0.1) is 5.92 Å². The number of ether oxygens (including phenoxy) is 4. The van der Waals surface area contributed by atoms with Crippen molar-refractivity contribution in [3.05, 3.63) is 11.6 Å². The van der Waals surface area contributed by atoms with Crippen molar-refractivity contribution in [2.24, 2.45) is 5.92 Å². The van der Waals surface area contributed by atoms with Crippen molar-refractivity contribution in [1.82, 2.24) is 4.90 Å². The second-order valence-corrected chi connectivity index (χ2v) is 7.33. The average Bonchev–Trinajstić information content (AvgIpc) is 3.21. The molecular formula is C17H23NO6. The molecule has 132 valence electrons. The molecule has 7 nitrogen and oxygen atoms in total. The highest BCUT2D eigenvalue weighted by molar-refractivity contribution is 5.84. The Bertz CT molecular complexity index is 618. The molecule has 4 rings (SSSR count). The van der Waals surface area contributed by atoms with Crippen LogP contribution in [0.3, 0.4) is 0 Å². The molecule has 0 amide bonds. The highest BCUT2D eigenvalue weighted by atomic mass is 16.7. The lowest BCUT2D eigenvalue weighted by molar-refractivity contribution is -0.178. The molecule has 0 saturated carbocycles. The molecule has 4 heterocycles. The predicted molar refractivity (Wildman–Crippen MR) is 81.9 cm³/mol. The van der Waals surface area contributed by atoms with Crippen LogP contribution in [-0.4, -0.2) is 66.7 Å². The Morgan fingerprint density at radius 1 is 1.25 bits per heavy atom. The first-order valence-electron chi connectivity index (χ1n) is 8.45. The van der Waals surface area contributed by atoms with Gasteiger partial charge < -0.3 is 18.9 Å². The minimum Gasteiger partial charge on any atom is -0.460 e. The van der Waals surface area contributed by atoms with E-state index in [1.54, 1.807) is 20.8 Å². The van der Waals surface area contributed by atoms with Gasteiger partial charge in [0.1, 0.15) is 25.1 Å². The number of carbonyl (C=O) groups is 2. The van der Waals surface area contributed by atoms with Gasteiger partial charge in [-0.2, -0.15) is 0 Å². The van der Waals surface area contributed by atoms with Crippen LogP contribution in [0.25, 0.3) is 0 Å². The zero-order valence-corrected chi connectivity index (χ0v) is 14.2. The summed E-state index contributed by atoms with van der Waals surface area (Å²) in [7, 11) is 0. The molecule has 0 aromatic rings. The van der Waals surface area contributed by atoms with E-state index in [2.05, 4.69) is 11.0 Å². The number of carbonyl (C=O) groups excluding carboxylic acids is 2. The largest absolute Gasteiger partial charge is 0.460 e. The highest BCUT2D eigenvalue weighted by Crippen LogP contribution is 2.44. The third kappa shape index (κ3) is 2.01. The van der Waals surface area contributed by atoms with E-state index in [4.69, 9.17) is 18.9 Å². The Kier molecular flexibility index (Phi) is 3.53. The van der Waals surface area contributed by atoms with E-state index in [0.717, 1.165) is 25.1 Å². The topological polar surface area (TPSA) is 74.3 Å². The third-order valence-corrected chi connectivity index (χ3v) is 6.27. The van der Waals surface area contributed by atoms with Crippen LogP contribution in [-0.2, 0) is 28.5 Å². The SMILES string of the molecule is C[C@H]1C(=O)O[C@@H]2CCN3CC=C(COC(=O)[C@]4(C)OCO[C@]14C)[C@H]23. The van der Waals surface area contributed by atoms with Crippen molar-refractivity contribution in [3.63, 3.8) is 0 Å². The van der Waals surface area contributed by atoms with Crippen LogP contribution in [0.2, 0.25) is 0 Å². The maximum atomic E-state index is 12.8. The summed E-state index contributed by atoms with van der Waals surface area (Å²) in [6.45, 7) is 6.87. The van der Waals surface area contributed by atoms with Crippen LogP contribution in [0.1, 0.15) is 27.2 Å². The lowest BCUT2D eigenvalue weighted by atomic mass is 9.76. The van der Waals surface area contributed by atoms with Crippen molar-refractivity contribution in [1.29, 1.82) is 0 Å². The van der Waals surface area contributed by atoms with Gasteiger partial charge in [-0.3, -0.25) is 9.69 Å². The Morgan fingerprint density at radius 2 is 2.04 bits per heavy atom. The summed E-state index contributed by atoms with van der Waals surface area (Å²) < 4.78 is 22.7. The lowest BCUT2D eigenvalue weighted by Gasteiger charge is -2.38. The van der Waals surface area contributed by atoms with Gasteiger partial charge in [-0.25, -0.2) is 4.79 Å². The van der Waals surface area contributed by atoms with Gasteiger partial charge >= 0.3 is 11.9 Å². The number of fused-ring (bicyclic) bond motifs is 1. The van der Waals surface area contributed by atoms with Gasteiger partial charge in [0.15, 0.2) is 5.60 Å². The van der Waals surface area contributed by atoms with E-state index in [1.165, 1.54) is 0 Å². The lowest BCUT2D eigenvalue weighted by Crippen LogP contribution is -2.59. The number of nitrogens with zero attached hydrogens (tertiary/aromatic N) is 1. The molecule has 7 heteroatoms. The Balaban J connectivity index is 1.72. The molecule has 24 heavy (non-hydrogen) atoms. The van der Waals surface area contributed by atoms with E-state index >= 15 is 0 Å². The first kappa shape index (κ1) is 16.1. The van der Waals surface area contributed by atoms with Gasteiger partial charge in [0, 0.05) is 13.1 Å². The second-order valence-electron chi connectivity index (χ2n) is 7.33. The van der Waals surface area contributed by atoms with Crippen molar-refractivity contribution >= 4 is 11.9 Å². The maximum Gasteiger partial charge on any atom is 0.341 e. The van der Waals surface area contributed by atoms with Crippen molar-refractivity contribution in [3.8, 4) is 0 Å². The number of rotatable bonds is 0. The minimum absolute atomic E-state index is 0.00865. The van der Waals surface area contributed by atoms with Gasteiger partial charge in [-0.1, -0.05) is 6.08 Å². The second kappa shape index (κ2) is 5.28. The predicted octanol–water partition coefficient (Wildman–Crippen LogP) is 0.627. The number of hydrogen-bond acceptors (Lipinski definition) is 7. The van der Waals surface area contributed by atoms with Crippen molar-refractivity contribution in [2.75, 3.05) is 26.5 Å². The first-order chi connectivity index (χ1) is 11.4. The number of cyclic esters (lactones) is 1. The van der Waals surface area contributed by atoms with Crippen LogP contribution in [0.4, 0.5) is 0 Å². The number of hydrogen-bond donors (Lipinski definition) is 0. The van der Waals surface area contributed by atoms with Crippen LogP contribution in [0.5, 0.6) is 0 Å². The van der Waals surface area contributed by atoms with E-state index < -0.39 is 23.1 Å². The van der Waals surface area contributed by atoms with E-state index in [0.29, 0.717) is 0 Å². The summed E-state index contributed by atoms with van der Waals surface area (Å²) in [5, 5.41) is 0. The van der Waals surface area contributed by atoms with Gasteiger partial charge in [-0.05, 0) is 32.8 Å². The summed E-state index contributed by atoms with van der Waals surface area (Å²) in [4.78, 5) is 27.8. The molecule has 0 bridgehead atoms. The molecule has 0 radical (unpaired) electrons. The van der Waals surface area contributed by atoms with Crippen molar-refractivity contribution < 1.29 is 28.5 Å². The summed E-state index contributed by atoms with van der Waals surface area (Å²) in [5.41, 5.74) is -1.48. The summed E-state index contributed by atoms with van der Waals surface area (Å²) in [6, 6.07) is 0.00865. The number of esters is 2. The highest BCUT2D eigenvalue weighted by Gasteiger charge is 2.63. The molecule has 0 unspecified atom stereocenters. The maximum absolute atomic E-state index is 12.8.